The van der Waals surface area contributed by atoms with Gasteiger partial charge in [-0.1, -0.05) is 68.4 Å². The van der Waals surface area contributed by atoms with Crippen LogP contribution < -0.4 is 10.6 Å². The number of nitrogens with zero attached hydrogens (tertiary/aromatic N) is 3. The summed E-state index contributed by atoms with van der Waals surface area (Å²) in [6.45, 7) is 9.71. The lowest BCUT2D eigenvalue weighted by atomic mass is 9.85. The predicted octanol–water partition coefficient (Wildman–Crippen LogP) is 4.58. The van der Waals surface area contributed by atoms with Gasteiger partial charge in [-0.2, -0.15) is 0 Å². The average molecular weight is 517 g/mol. The van der Waals surface area contributed by atoms with Gasteiger partial charge >= 0.3 is 0 Å². The van der Waals surface area contributed by atoms with Gasteiger partial charge in [-0.25, -0.2) is 9.98 Å². The van der Waals surface area contributed by atoms with Crippen molar-refractivity contribution in [3.05, 3.63) is 90.0 Å². The zero-order valence-corrected chi connectivity index (χ0v) is 20.3. The molecular weight excluding hydrogens is 485 g/mol. The minimum Gasteiger partial charge on any atom is -0.357 e. The molecule has 0 aliphatic rings. The van der Waals surface area contributed by atoms with Gasteiger partial charge in [0.2, 0.25) is 0 Å². The van der Waals surface area contributed by atoms with Gasteiger partial charge in [-0.15, -0.1) is 24.0 Å². The monoisotopic (exact) mass is 517 g/mol. The largest absolute Gasteiger partial charge is 0.357 e. The zero-order chi connectivity index (χ0) is 20.5. The van der Waals surface area contributed by atoms with Crippen LogP contribution in [0.5, 0.6) is 0 Å². The summed E-state index contributed by atoms with van der Waals surface area (Å²) in [5.74, 6) is 0.846. The van der Waals surface area contributed by atoms with Gasteiger partial charge in [-0.05, 0) is 23.6 Å². The second-order valence-electron chi connectivity index (χ2n) is 7.85. The highest BCUT2D eigenvalue weighted by Gasteiger charge is 2.20. The van der Waals surface area contributed by atoms with Crippen LogP contribution in [0.15, 0.2) is 78.3 Å². The van der Waals surface area contributed by atoms with E-state index in [0.717, 1.165) is 25.6 Å². The molecule has 2 aromatic carbocycles. The Kier molecular flexibility index (Phi) is 9.36. The molecule has 0 fully saturated rings. The lowest BCUT2D eigenvalue weighted by molar-refractivity contribution is 0.508. The molecule has 0 unspecified atom stereocenters. The quantitative estimate of drug-likeness (QED) is 0.261. The van der Waals surface area contributed by atoms with E-state index in [1.807, 2.05) is 12.5 Å². The van der Waals surface area contributed by atoms with Crippen molar-refractivity contribution in [1.82, 2.24) is 20.2 Å². The van der Waals surface area contributed by atoms with Crippen LogP contribution >= 0.6 is 24.0 Å². The van der Waals surface area contributed by atoms with Crippen molar-refractivity contribution in [2.24, 2.45) is 4.99 Å². The number of rotatable bonds is 8. The summed E-state index contributed by atoms with van der Waals surface area (Å²) in [5.41, 5.74) is 3.79. The van der Waals surface area contributed by atoms with E-state index in [9.17, 15) is 0 Å². The van der Waals surface area contributed by atoms with Crippen molar-refractivity contribution in [1.29, 1.82) is 0 Å². The minimum absolute atomic E-state index is 0. The smallest absolute Gasteiger partial charge is 0.191 e. The number of aliphatic imine (C=N–C) groups is 1. The van der Waals surface area contributed by atoms with Gasteiger partial charge < -0.3 is 15.2 Å². The molecule has 1 heterocycles. The number of aromatic nitrogens is 2. The summed E-state index contributed by atoms with van der Waals surface area (Å²) in [5, 5.41) is 6.85. The number of hydrogen-bond donors (Lipinski definition) is 2. The van der Waals surface area contributed by atoms with Gasteiger partial charge in [0.25, 0.3) is 0 Å². The first-order chi connectivity index (χ1) is 14.1. The van der Waals surface area contributed by atoms with E-state index in [0.29, 0.717) is 6.54 Å². The molecule has 30 heavy (non-hydrogen) atoms. The summed E-state index contributed by atoms with van der Waals surface area (Å²) in [7, 11) is 0. The Morgan fingerprint density at radius 2 is 1.70 bits per heavy atom. The molecule has 0 radical (unpaired) electrons. The zero-order valence-electron chi connectivity index (χ0n) is 18.0. The van der Waals surface area contributed by atoms with E-state index in [4.69, 9.17) is 4.99 Å². The summed E-state index contributed by atoms with van der Waals surface area (Å²) < 4.78 is 2.06. The summed E-state index contributed by atoms with van der Waals surface area (Å²) >= 11 is 0. The van der Waals surface area contributed by atoms with Crippen molar-refractivity contribution in [3.8, 4) is 0 Å². The van der Waals surface area contributed by atoms with Gasteiger partial charge in [0.1, 0.15) is 0 Å². The number of benzene rings is 2. The van der Waals surface area contributed by atoms with Gasteiger partial charge in [-0.3, -0.25) is 0 Å². The van der Waals surface area contributed by atoms with E-state index in [1.54, 1.807) is 6.20 Å². The Hall–Kier alpha value is -2.35. The highest BCUT2D eigenvalue weighted by molar-refractivity contribution is 14.0. The van der Waals surface area contributed by atoms with Crippen LogP contribution in [0.2, 0.25) is 0 Å². The predicted molar refractivity (Wildman–Crippen MR) is 135 cm³/mol. The van der Waals surface area contributed by atoms with Gasteiger partial charge in [0.05, 0.1) is 12.9 Å². The van der Waals surface area contributed by atoms with E-state index in [-0.39, 0.29) is 29.4 Å². The van der Waals surface area contributed by atoms with Crippen molar-refractivity contribution in [3.63, 3.8) is 0 Å². The molecule has 0 aliphatic heterocycles. The molecule has 5 nitrogen and oxygen atoms in total. The molecule has 0 bridgehead atoms. The minimum atomic E-state index is 0. The van der Waals surface area contributed by atoms with Crippen LogP contribution in [0.4, 0.5) is 0 Å². The van der Waals surface area contributed by atoms with E-state index in [2.05, 4.69) is 95.6 Å². The molecule has 6 heteroatoms. The summed E-state index contributed by atoms with van der Waals surface area (Å²) in [4.78, 5) is 8.85. The third kappa shape index (κ3) is 7.16. The molecule has 0 atom stereocenters. The first kappa shape index (κ1) is 23.9. The second-order valence-corrected chi connectivity index (χ2v) is 7.85. The summed E-state index contributed by atoms with van der Waals surface area (Å²) in [6, 6.07) is 19.2. The maximum Gasteiger partial charge on any atom is 0.191 e. The molecule has 3 rings (SSSR count). The standard InChI is InChI=1S/C24H31N5.HI/c1-4-26-23(28-18-24(2,3)22-8-6-5-7-9-22)27-16-20-10-12-21(13-11-20)17-29-15-14-25-19-29;/h5-15,19H,4,16-18H2,1-3H3,(H2,26,27,28);1H. The third-order valence-electron chi connectivity index (χ3n) is 4.96. The molecule has 0 amide bonds. The van der Waals surface area contributed by atoms with E-state index < -0.39 is 0 Å². The molecule has 1 aromatic heterocycles. The maximum absolute atomic E-state index is 4.77. The fraction of sp³-hybridized carbons (Fsp3) is 0.333. The number of guanidine groups is 1. The van der Waals surface area contributed by atoms with Crippen molar-refractivity contribution >= 4 is 29.9 Å². The SMILES string of the molecule is CCNC(=NCc1ccc(Cn2ccnc2)cc1)NCC(C)(C)c1ccccc1.I. The fourth-order valence-electron chi connectivity index (χ4n) is 3.15. The third-order valence-corrected chi connectivity index (χ3v) is 4.96. The first-order valence-electron chi connectivity index (χ1n) is 10.2. The Labute approximate surface area is 197 Å². The molecule has 0 spiro atoms. The number of halogens is 1. The first-order valence-corrected chi connectivity index (χ1v) is 10.2. The summed E-state index contributed by atoms with van der Waals surface area (Å²) in [6.07, 6.45) is 5.62. The lowest BCUT2D eigenvalue weighted by Gasteiger charge is -2.26. The topological polar surface area (TPSA) is 54.2 Å². The highest BCUT2D eigenvalue weighted by Crippen LogP contribution is 2.21. The van der Waals surface area contributed by atoms with Gasteiger partial charge in [0, 0.05) is 37.4 Å². The van der Waals surface area contributed by atoms with Crippen LogP contribution in [-0.4, -0.2) is 28.6 Å². The molecule has 0 saturated heterocycles. The van der Waals surface area contributed by atoms with Crippen molar-refractivity contribution in [2.45, 2.75) is 39.3 Å². The van der Waals surface area contributed by atoms with Crippen LogP contribution in [0, 0.1) is 0 Å². The van der Waals surface area contributed by atoms with Gasteiger partial charge in [0.15, 0.2) is 5.96 Å². The Morgan fingerprint density at radius 1 is 1.00 bits per heavy atom. The normalized spacial score (nSPS) is 11.6. The molecule has 3 aromatic rings. The fourth-order valence-corrected chi connectivity index (χ4v) is 3.15. The Morgan fingerprint density at radius 3 is 2.33 bits per heavy atom. The second kappa shape index (κ2) is 11.7. The molecular formula is C24H32IN5. The van der Waals surface area contributed by atoms with Crippen molar-refractivity contribution in [2.75, 3.05) is 13.1 Å². The average Bonchev–Trinajstić information content (AvgIpc) is 3.25. The molecule has 0 saturated carbocycles. The van der Waals surface area contributed by atoms with Crippen LogP contribution in [0.3, 0.4) is 0 Å². The van der Waals surface area contributed by atoms with E-state index >= 15 is 0 Å². The number of hydrogen-bond acceptors (Lipinski definition) is 2. The highest BCUT2D eigenvalue weighted by atomic mass is 127. The lowest BCUT2D eigenvalue weighted by Crippen LogP contribution is -2.43. The molecule has 160 valence electrons. The number of nitrogens with one attached hydrogen (secondary N) is 2. The van der Waals surface area contributed by atoms with Crippen molar-refractivity contribution < 1.29 is 0 Å². The Bertz CT molecular complexity index is 887. The maximum atomic E-state index is 4.77. The Balaban J connectivity index is 0.00000320. The number of imidazole rings is 1. The van der Waals surface area contributed by atoms with Crippen LogP contribution in [0.1, 0.15) is 37.5 Å². The molecule has 0 aliphatic carbocycles. The molecule has 2 N–H and O–H groups in total. The van der Waals surface area contributed by atoms with Crippen LogP contribution in [-0.2, 0) is 18.5 Å². The van der Waals surface area contributed by atoms with E-state index in [1.165, 1.54) is 16.7 Å². The van der Waals surface area contributed by atoms with Crippen LogP contribution in [0.25, 0.3) is 0 Å².